The van der Waals surface area contributed by atoms with Gasteiger partial charge < -0.3 is 10.8 Å². The standard InChI is InChI=1S/C9H14N2O.ClH/c1-9(10,7-12)6-8-4-2-3-5-11-8;/h2-5,12H,6-7,10H2,1H3;1H/t9-;/m1./s1. The number of aliphatic hydroxyl groups excluding tert-OH is 1. The van der Waals surface area contributed by atoms with E-state index in [1.165, 1.54) is 0 Å². The number of halogens is 1. The van der Waals surface area contributed by atoms with Gasteiger partial charge in [-0.3, -0.25) is 4.98 Å². The Morgan fingerprint density at radius 1 is 1.54 bits per heavy atom. The van der Waals surface area contributed by atoms with Gasteiger partial charge in [0, 0.05) is 23.9 Å². The topological polar surface area (TPSA) is 59.1 Å². The summed E-state index contributed by atoms with van der Waals surface area (Å²) >= 11 is 0. The molecular formula is C9H15ClN2O. The van der Waals surface area contributed by atoms with Crippen LogP contribution in [0.2, 0.25) is 0 Å². The molecule has 0 radical (unpaired) electrons. The molecule has 0 fully saturated rings. The summed E-state index contributed by atoms with van der Waals surface area (Å²) in [6.07, 6.45) is 2.33. The molecule has 13 heavy (non-hydrogen) atoms. The van der Waals surface area contributed by atoms with E-state index in [1.807, 2.05) is 25.1 Å². The predicted octanol–water partition coefficient (Wildman–Crippen LogP) is 0.756. The van der Waals surface area contributed by atoms with E-state index in [-0.39, 0.29) is 19.0 Å². The largest absolute Gasteiger partial charge is 0.394 e. The van der Waals surface area contributed by atoms with E-state index in [1.54, 1.807) is 6.20 Å². The molecule has 0 unspecified atom stereocenters. The Balaban J connectivity index is 0.00000144. The van der Waals surface area contributed by atoms with E-state index in [9.17, 15) is 0 Å². The van der Waals surface area contributed by atoms with Crippen molar-refractivity contribution >= 4 is 12.4 Å². The van der Waals surface area contributed by atoms with Gasteiger partial charge in [0.1, 0.15) is 0 Å². The van der Waals surface area contributed by atoms with Gasteiger partial charge in [-0.15, -0.1) is 12.4 Å². The lowest BCUT2D eigenvalue weighted by Crippen LogP contribution is -2.42. The molecule has 0 amide bonds. The Hall–Kier alpha value is -0.640. The molecule has 3 N–H and O–H groups in total. The molecule has 3 nitrogen and oxygen atoms in total. The summed E-state index contributed by atoms with van der Waals surface area (Å²) < 4.78 is 0. The lowest BCUT2D eigenvalue weighted by Gasteiger charge is -2.20. The Bertz CT molecular complexity index is 239. The number of pyridine rings is 1. The van der Waals surface area contributed by atoms with Crippen molar-refractivity contribution in [3.63, 3.8) is 0 Å². The Morgan fingerprint density at radius 3 is 2.69 bits per heavy atom. The normalized spacial score (nSPS) is 14.4. The van der Waals surface area contributed by atoms with Crippen molar-refractivity contribution in [1.29, 1.82) is 0 Å². The number of aliphatic hydroxyl groups is 1. The fourth-order valence-electron chi connectivity index (χ4n) is 0.972. The molecule has 0 bridgehead atoms. The van der Waals surface area contributed by atoms with E-state index in [0.717, 1.165) is 5.69 Å². The van der Waals surface area contributed by atoms with Crippen molar-refractivity contribution in [1.82, 2.24) is 4.98 Å². The molecule has 1 aromatic heterocycles. The zero-order chi connectivity index (χ0) is 9.03. The van der Waals surface area contributed by atoms with Crippen LogP contribution >= 0.6 is 12.4 Å². The van der Waals surface area contributed by atoms with Crippen molar-refractivity contribution in [2.24, 2.45) is 5.73 Å². The van der Waals surface area contributed by atoms with E-state index in [4.69, 9.17) is 10.8 Å². The molecule has 1 rings (SSSR count). The highest BCUT2D eigenvalue weighted by Gasteiger charge is 2.17. The van der Waals surface area contributed by atoms with Crippen molar-refractivity contribution in [3.05, 3.63) is 30.1 Å². The van der Waals surface area contributed by atoms with Crippen LogP contribution in [0.1, 0.15) is 12.6 Å². The fourth-order valence-corrected chi connectivity index (χ4v) is 0.972. The van der Waals surface area contributed by atoms with Gasteiger partial charge in [-0.05, 0) is 19.1 Å². The lowest BCUT2D eigenvalue weighted by molar-refractivity contribution is 0.207. The molecule has 0 aliphatic rings. The molecular weight excluding hydrogens is 188 g/mol. The second kappa shape index (κ2) is 5.17. The summed E-state index contributed by atoms with van der Waals surface area (Å²) in [4.78, 5) is 4.12. The highest BCUT2D eigenvalue weighted by Crippen LogP contribution is 2.06. The molecule has 0 aliphatic carbocycles. The van der Waals surface area contributed by atoms with Gasteiger partial charge in [-0.25, -0.2) is 0 Å². The molecule has 0 spiro atoms. The Labute approximate surface area is 84.4 Å². The van der Waals surface area contributed by atoms with Crippen LogP contribution in [0, 0.1) is 0 Å². The minimum atomic E-state index is -0.561. The summed E-state index contributed by atoms with van der Waals surface area (Å²) in [6.45, 7) is 1.78. The maximum atomic E-state index is 8.90. The monoisotopic (exact) mass is 202 g/mol. The number of rotatable bonds is 3. The third kappa shape index (κ3) is 4.22. The molecule has 1 aromatic rings. The van der Waals surface area contributed by atoms with Crippen LogP contribution in [0.15, 0.2) is 24.4 Å². The minimum Gasteiger partial charge on any atom is -0.394 e. The average molecular weight is 203 g/mol. The molecule has 0 saturated heterocycles. The zero-order valence-electron chi connectivity index (χ0n) is 7.60. The van der Waals surface area contributed by atoms with Crippen LogP contribution in [-0.4, -0.2) is 22.2 Å². The van der Waals surface area contributed by atoms with Crippen molar-refractivity contribution in [2.45, 2.75) is 18.9 Å². The number of aromatic nitrogens is 1. The predicted molar refractivity (Wildman–Crippen MR) is 54.9 cm³/mol. The minimum absolute atomic E-state index is 0. The number of hydrogen-bond acceptors (Lipinski definition) is 3. The third-order valence-corrected chi connectivity index (χ3v) is 1.67. The van der Waals surface area contributed by atoms with E-state index in [2.05, 4.69) is 4.98 Å². The summed E-state index contributed by atoms with van der Waals surface area (Å²) in [6, 6.07) is 5.67. The summed E-state index contributed by atoms with van der Waals surface area (Å²) in [5.74, 6) is 0. The van der Waals surface area contributed by atoms with Crippen LogP contribution in [0.5, 0.6) is 0 Å². The van der Waals surface area contributed by atoms with Crippen molar-refractivity contribution < 1.29 is 5.11 Å². The highest BCUT2D eigenvalue weighted by atomic mass is 35.5. The highest BCUT2D eigenvalue weighted by molar-refractivity contribution is 5.85. The second-order valence-electron chi connectivity index (χ2n) is 3.31. The fraction of sp³-hybridized carbons (Fsp3) is 0.444. The Morgan fingerprint density at radius 2 is 2.23 bits per heavy atom. The molecule has 0 saturated carbocycles. The lowest BCUT2D eigenvalue weighted by atomic mass is 9.98. The van der Waals surface area contributed by atoms with Gasteiger partial charge in [0.15, 0.2) is 0 Å². The van der Waals surface area contributed by atoms with Gasteiger partial charge in [0.2, 0.25) is 0 Å². The van der Waals surface area contributed by atoms with Gasteiger partial charge >= 0.3 is 0 Å². The molecule has 74 valence electrons. The van der Waals surface area contributed by atoms with Crippen molar-refractivity contribution in [3.8, 4) is 0 Å². The first-order chi connectivity index (χ1) is 5.64. The van der Waals surface area contributed by atoms with Gasteiger partial charge in [-0.2, -0.15) is 0 Å². The maximum Gasteiger partial charge on any atom is 0.0612 e. The average Bonchev–Trinajstić information content (AvgIpc) is 2.06. The summed E-state index contributed by atoms with van der Waals surface area (Å²) in [7, 11) is 0. The van der Waals surface area contributed by atoms with Crippen LogP contribution in [0.3, 0.4) is 0 Å². The molecule has 1 heterocycles. The Kier molecular flexibility index (Phi) is 4.91. The van der Waals surface area contributed by atoms with E-state index < -0.39 is 5.54 Å². The third-order valence-electron chi connectivity index (χ3n) is 1.67. The smallest absolute Gasteiger partial charge is 0.0612 e. The molecule has 0 aliphatic heterocycles. The van der Waals surface area contributed by atoms with Crippen LogP contribution in [0.4, 0.5) is 0 Å². The quantitative estimate of drug-likeness (QED) is 0.761. The first-order valence-corrected chi connectivity index (χ1v) is 3.94. The zero-order valence-corrected chi connectivity index (χ0v) is 8.42. The van der Waals surface area contributed by atoms with E-state index >= 15 is 0 Å². The van der Waals surface area contributed by atoms with Gasteiger partial charge in [0.05, 0.1) is 6.61 Å². The molecule has 1 atom stereocenters. The number of nitrogens with zero attached hydrogens (tertiary/aromatic N) is 1. The maximum absolute atomic E-state index is 8.90. The summed E-state index contributed by atoms with van der Waals surface area (Å²) in [5.41, 5.74) is 6.11. The van der Waals surface area contributed by atoms with Crippen LogP contribution in [0.25, 0.3) is 0 Å². The first kappa shape index (κ1) is 12.4. The van der Waals surface area contributed by atoms with Crippen molar-refractivity contribution in [2.75, 3.05) is 6.61 Å². The number of hydrogen-bond donors (Lipinski definition) is 2. The molecule has 4 heteroatoms. The van der Waals surface area contributed by atoms with Gasteiger partial charge in [-0.1, -0.05) is 6.07 Å². The van der Waals surface area contributed by atoms with Crippen LogP contribution in [-0.2, 0) is 6.42 Å². The SMILES string of the molecule is C[C@](N)(CO)Cc1ccccn1.Cl. The van der Waals surface area contributed by atoms with Gasteiger partial charge in [0.25, 0.3) is 0 Å². The first-order valence-electron chi connectivity index (χ1n) is 3.94. The summed E-state index contributed by atoms with van der Waals surface area (Å²) in [5, 5.41) is 8.90. The molecule has 0 aromatic carbocycles. The number of nitrogens with two attached hydrogens (primary N) is 1. The van der Waals surface area contributed by atoms with Crippen LogP contribution < -0.4 is 5.73 Å². The van der Waals surface area contributed by atoms with E-state index in [0.29, 0.717) is 6.42 Å². The second-order valence-corrected chi connectivity index (χ2v) is 3.31.